The van der Waals surface area contributed by atoms with E-state index >= 15 is 0 Å². The number of carbonyl (C=O) groups excluding carboxylic acids is 2. The Morgan fingerprint density at radius 2 is 1.79 bits per heavy atom. The van der Waals surface area contributed by atoms with Crippen molar-refractivity contribution in [2.75, 3.05) is 26.2 Å². The van der Waals surface area contributed by atoms with Crippen molar-refractivity contribution in [1.82, 2.24) is 9.62 Å². The molecule has 1 aromatic carbocycles. The number of nitrogens with one attached hydrogen (secondary N) is 1. The van der Waals surface area contributed by atoms with Gasteiger partial charge in [0, 0.05) is 19.6 Å². The molecule has 0 bridgehead atoms. The number of hydrogen-bond acceptors (Lipinski definition) is 5. The van der Waals surface area contributed by atoms with E-state index in [1.165, 1.54) is 41.8 Å². The number of ether oxygens (including phenoxy) is 1. The van der Waals surface area contributed by atoms with Crippen LogP contribution < -0.4 is 5.32 Å². The average molecular weight is 443 g/mol. The second-order valence-electron chi connectivity index (χ2n) is 7.64. The molecule has 0 unspecified atom stereocenters. The van der Waals surface area contributed by atoms with E-state index in [9.17, 15) is 18.0 Å². The van der Waals surface area contributed by atoms with E-state index in [0.717, 1.165) is 25.7 Å². The molecule has 1 aliphatic heterocycles. The first kappa shape index (κ1) is 22.1. The van der Waals surface area contributed by atoms with Crippen LogP contribution in [0.5, 0.6) is 0 Å². The summed E-state index contributed by atoms with van der Waals surface area (Å²) in [4.78, 5) is 24.2. The van der Waals surface area contributed by atoms with Crippen LogP contribution in [0.3, 0.4) is 0 Å². The standard InChI is InChI=1S/C20H27ClN2O5S/c21-17-9-8-16(12-18(17)29(26,27)23-10-4-5-11-23)20(25)28-14-19(24)22-13-15-6-2-1-3-7-15/h8-9,12,15H,1-7,10-11,13-14H2,(H,22,24). The fraction of sp³-hybridized carbons (Fsp3) is 0.600. The molecule has 1 amide bonds. The molecule has 2 fully saturated rings. The lowest BCUT2D eigenvalue weighted by atomic mass is 9.89. The van der Waals surface area contributed by atoms with Crippen molar-refractivity contribution >= 4 is 33.5 Å². The van der Waals surface area contributed by atoms with Crippen LogP contribution in [0.15, 0.2) is 23.1 Å². The highest BCUT2D eigenvalue weighted by Gasteiger charge is 2.30. The first-order valence-electron chi connectivity index (χ1n) is 10.1. The van der Waals surface area contributed by atoms with E-state index in [1.54, 1.807) is 0 Å². The Bertz CT molecular complexity index is 846. The molecule has 1 saturated heterocycles. The van der Waals surface area contributed by atoms with Gasteiger partial charge in [-0.1, -0.05) is 30.9 Å². The summed E-state index contributed by atoms with van der Waals surface area (Å²) in [5, 5.41) is 2.86. The van der Waals surface area contributed by atoms with Crippen molar-refractivity contribution in [2.24, 2.45) is 5.92 Å². The van der Waals surface area contributed by atoms with Crippen LogP contribution >= 0.6 is 11.6 Å². The zero-order chi connectivity index (χ0) is 20.9. The molecular weight excluding hydrogens is 416 g/mol. The average Bonchev–Trinajstić information content (AvgIpc) is 3.27. The van der Waals surface area contributed by atoms with Crippen LogP contribution in [0.4, 0.5) is 0 Å². The molecule has 9 heteroatoms. The fourth-order valence-electron chi connectivity index (χ4n) is 3.81. The van der Waals surface area contributed by atoms with Crippen molar-refractivity contribution in [3.05, 3.63) is 28.8 Å². The Morgan fingerprint density at radius 1 is 1.10 bits per heavy atom. The van der Waals surface area contributed by atoms with Gasteiger partial charge in [0.2, 0.25) is 10.0 Å². The first-order valence-corrected chi connectivity index (χ1v) is 11.9. The molecule has 0 spiro atoms. The summed E-state index contributed by atoms with van der Waals surface area (Å²) in [6.07, 6.45) is 7.45. The number of amides is 1. The van der Waals surface area contributed by atoms with Crippen molar-refractivity contribution in [3.63, 3.8) is 0 Å². The summed E-state index contributed by atoms with van der Waals surface area (Å²) in [7, 11) is -3.76. The van der Waals surface area contributed by atoms with Gasteiger partial charge in [0.05, 0.1) is 10.6 Å². The number of halogens is 1. The van der Waals surface area contributed by atoms with Gasteiger partial charge in [0.25, 0.3) is 5.91 Å². The quantitative estimate of drug-likeness (QED) is 0.655. The molecule has 1 aromatic rings. The predicted molar refractivity (Wildman–Crippen MR) is 109 cm³/mol. The van der Waals surface area contributed by atoms with Crippen molar-refractivity contribution in [1.29, 1.82) is 0 Å². The second kappa shape index (κ2) is 9.91. The number of hydrogen-bond donors (Lipinski definition) is 1. The highest BCUT2D eigenvalue weighted by atomic mass is 35.5. The van der Waals surface area contributed by atoms with Crippen LogP contribution in [0.25, 0.3) is 0 Å². The molecule has 0 radical (unpaired) electrons. The summed E-state index contributed by atoms with van der Waals surface area (Å²) in [6.45, 7) is 1.07. The normalized spacial score (nSPS) is 18.5. The minimum Gasteiger partial charge on any atom is -0.452 e. The van der Waals surface area contributed by atoms with Gasteiger partial charge in [-0.15, -0.1) is 0 Å². The minimum absolute atomic E-state index is 0.0484. The summed E-state index contributed by atoms with van der Waals surface area (Å²) < 4.78 is 31.9. The fourth-order valence-corrected chi connectivity index (χ4v) is 5.83. The molecule has 160 valence electrons. The number of esters is 1. The van der Waals surface area contributed by atoms with E-state index in [2.05, 4.69) is 5.32 Å². The lowest BCUT2D eigenvalue weighted by molar-refractivity contribution is -0.124. The number of rotatable bonds is 7. The molecule has 0 aromatic heterocycles. The van der Waals surface area contributed by atoms with Crippen molar-refractivity contribution in [2.45, 2.75) is 49.8 Å². The van der Waals surface area contributed by atoms with E-state index in [-0.39, 0.29) is 21.4 Å². The molecule has 7 nitrogen and oxygen atoms in total. The molecule has 1 heterocycles. The Labute approximate surface area is 176 Å². The van der Waals surface area contributed by atoms with E-state index in [1.807, 2.05) is 0 Å². The Morgan fingerprint density at radius 3 is 2.48 bits per heavy atom. The zero-order valence-electron chi connectivity index (χ0n) is 16.4. The maximum absolute atomic E-state index is 12.8. The van der Waals surface area contributed by atoms with Gasteiger partial charge >= 0.3 is 5.97 Å². The Balaban J connectivity index is 1.57. The maximum atomic E-state index is 12.8. The first-order chi connectivity index (χ1) is 13.9. The summed E-state index contributed by atoms with van der Waals surface area (Å²) >= 11 is 6.08. The summed E-state index contributed by atoms with van der Waals surface area (Å²) in [6, 6.07) is 3.98. The maximum Gasteiger partial charge on any atom is 0.338 e. The topological polar surface area (TPSA) is 92.8 Å². The molecule has 2 aliphatic rings. The number of benzene rings is 1. The van der Waals surface area contributed by atoms with E-state index in [0.29, 0.717) is 25.6 Å². The predicted octanol–water partition coefficient (Wildman–Crippen LogP) is 2.98. The zero-order valence-corrected chi connectivity index (χ0v) is 17.9. The van der Waals surface area contributed by atoms with Crippen LogP contribution in [-0.4, -0.2) is 50.8 Å². The lowest BCUT2D eigenvalue weighted by Gasteiger charge is -2.21. The van der Waals surface area contributed by atoms with Gasteiger partial charge in [-0.05, 0) is 49.8 Å². The van der Waals surface area contributed by atoms with E-state index < -0.39 is 22.6 Å². The van der Waals surface area contributed by atoms with E-state index in [4.69, 9.17) is 16.3 Å². The molecule has 0 atom stereocenters. The largest absolute Gasteiger partial charge is 0.452 e. The summed E-state index contributed by atoms with van der Waals surface area (Å²) in [5.74, 6) is -0.631. The molecule has 1 saturated carbocycles. The third kappa shape index (κ3) is 5.71. The molecular formula is C20H27ClN2O5S. The third-order valence-electron chi connectivity index (χ3n) is 5.50. The number of carbonyl (C=O) groups is 2. The van der Waals surface area contributed by atoms with Gasteiger partial charge in [-0.2, -0.15) is 4.31 Å². The van der Waals surface area contributed by atoms with Crippen molar-refractivity contribution in [3.8, 4) is 0 Å². The van der Waals surface area contributed by atoms with Gasteiger partial charge in [0.15, 0.2) is 6.61 Å². The van der Waals surface area contributed by atoms with Gasteiger partial charge in [-0.3, -0.25) is 4.79 Å². The van der Waals surface area contributed by atoms with Crippen molar-refractivity contribution < 1.29 is 22.7 Å². The van der Waals surface area contributed by atoms with Gasteiger partial charge in [0.1, 0.15) is 4.90 Å². The molecule has 29 heavy (non-hydrogen) atoms. The van der Waals surface area contributed by atoms with Crippen LogP contribution in [0.2, 0.25) is 5.02 Å². The number of sulfonamides is 1. The Hall–Kier alpha value is -1.64. The molecule has 3 rings (SSSR count). The molecule has 1 aliphatic carbocycles. The molecule has 1 N–H and O–H groups in total. The van der Waals surface area contributed by atoms with Gasteiger partial charge in [-0.25, -0.2) is 13.2 Å². The second-order valence-corrected chi connectivity index (χ2v) is 9.95. The SMILES string of the molecule is O=C(COC(=O)c1ccc(Cl)c(S(=O)(=O)N2CCCC2)c1)NCC1CCCCC1. The Kier molecular flexibility index (Phi) is 7.54. The number of nitrogens with zero attached hydrogens (tertiary/aromatic N) is 1. The monoisotopic (exact) mass is 442 g/mol. The lowest BCUT2D eigenvalue weighted by Crippen LogP contribution is -2.33. The van der Waals surface area contributed by atoms with Crippen LogP contribution in [0.1, 0.15) is 55.3 Å². The highest BCUT2D eigenvalue weighted by molar-refractivity contribution is 7.89. The minimum atomic E-state index is -3.76. The van der Waals surface area contributed by atoms with Gasteiger partial charge < -0.3 is 10.1 Å². The smallest absolute Gasteiger partial charge is 0.338 e. The highest BCUT2D eigenvalue weighted by Crippen LogP contribution is 2.28. The van der Waals surface area contributed by atoms with Crippen LogP contribution in [0, 0.1) is 5.92 Å². The third-order valence-corrected chi connectivity index (χ3v) is 7.88. The van der Waals surface area contributed by atoms with Crippen LogP contribution in [-0.2, 0) is 19.6 Å². The summed E-state index contributed by atoms with van der Waals surface area (Å²) in [5.41, 5.74) is 0.0484.